The summed E-state index contributed by atoms with van der Waals surface area (Å²) in [6, 6.07) is 7.81. The third kappa shape index (κ3) is 4.56. The SMILES string of the molecule is CCN(CC)CCNCc1cn[nH]c1-c1ccc(Cl)cc1. The fourth-order valence-electron chi connectivity index (χ4n) is 2.31. The number of H-pyrrole nitrogens is 1. The predicted octanol–water partition coefficient (Wildman–Crippen LogP) is 3.16. The van der Waals surface area contributed by atoms with Crippen LogP contribution in [-0.2, 0) is 6.54 Å². The fraction of sp³-hybridized carbons (Fsp3) is 0.438. The first-order valence-corrected chi connectivity index (χ1v) is 7.83. The Bertz CT molecular complexity index is 531. The first-order chi connectivity index (χ1) is 10.2. The maximum Gasteiger partial charge on any atom is 0.0695 e. The smallest absolute Gasteiger partial charge is 0.0695 e. The zero-order chi connectivity index (χ0) is 15.1. The van der Waals surface area contributed by atoms with Crippen LogP contribution in [0.1, 0.15) is 19.4 Å². The molecule has 0 saturated carbocycles. The van der Waals surface area contributed by atoms with Crippen molar-refractivity contribution in [3.63, 3.8) is 0 Å². The van der Waals surface area contributed by atoms with Crippen LogP contribution < -0.4 is 5.32 Å². The Hall–Kier alpha value is -1.36. The van der Waals surface area contributed by atoms with Crippen LogP contribution in [0.15, 0.2) is 30.5 Å². The van der Waals surface area contributed by atoms with Gasteiger partial charge in [-0.25, -0.2) is 0 Å². The van der Waals surface area contributed by atoms with Gasteiger partial charge >= 0.3 is 0 Å². The lowest BCUT2D eigenvalue weighted by molar-refractivity contribution is 0.302. The number of benzene rings is 1. The molecule has 2 rings (SSSR count). The highest BCUT2D eigenvalue weighted by atomic mass is 35.5. The van der Waals surface area contributed by atoms with Crippen molar-refractivity contribution in [2.75, 3.05) is 26.2 Å². The number of rotatable bonds is 8. The molecule has 4 nitrogen and oxygen atoms in total. The third-order valence-electron chi connectivity index (χ3n) is 3.67. The molecule has 0 radical (unpaired) electrons. The topological polar surface area (TPSA) is 44.0 Å². The van der Waals surface area contributed by atoms with Gasteiger partial charge in [-0.15, -0.1) is 0 Å². The molecular weight excluding hydrogens is 284 g/mol. The zero-order valence-electron chi connectivity index (χ0n) is 12.7. The Kier molecular flexibility index (Phi) is 6.23. The molecule has 0 spiro atoms. The van der Waals surface area contributed by atoms with E-state index in [1.54, 1.807) is 0 Å². The lowest BCUT2D eigenvalue weighted by Gasteiger charge is -2.17. The first kappa shape index (κ1) is 16.0. The Morgan fingerprint density at radius 2 is 1.90 bits per heavy atom. The fourth-order valence-corrected chi connectivity index (χ4v) is 2.44. The van der Waals surface area contributed by atoms with E-state index in [4.69, 9.17) is 11.6 Å². The molecule has 2 N–H and O–H groups in total. The number of halogens is 1. The van der Waals surface area contributed by atoms with Crippen LogP contribution in [0.3, 0.4) is 0 Å². The van der Waals surface area contributed by atoms with E-state index in [2.05, 4.69) is 34.3 Å². The summed E-state index contributed by atoms with van der Waals surface area (Å²) in [5.41, 5.74) is 3.34. The quantitative estimate of drug-likeness (QED) is 0.736. The van der Waals surface area contributed by atoms with E-state index in [0.717, 1.165) is 49.0 Å². The molecule has 0 amide bonds. The second-order valence-electron chi connectivity index (χ2n) is 4.98. The summed E-state index contributed by atoms with van der Waals surface area (Å²) >= 11 is 5.93. The van der Waals surface area contributed by atoms with Gasteiger partial charge in [0.1, 0.15) is 0 Å². The van der Waals surface area contributed by atoms with E-state index < -0.39 is 0 Å². The molecule has 1 heterocycles. The van der Waals surface area contributed by atoms with Crippen LogP contribution >= 0.6 is 11.6 Å². The molecule has 0 aliphatic carbocycles. The maximum atomic E-state index is 5.93. The first-order valence-electron chi connectivity index (χ1n) is 7.45. The van der Waals surface area contributed by atoms with Gasteiger partial charge in [-0.05, 0) is 30.8 Å². The summed E-state index contributed by atoms with van der Waals surface area (Å²) in [6.07, 6.45) is 1.88. The average molecular weight is 307 g/mol. The molecule has 1 aromatic carbocycles. The van der Waals surface area contributed by atoms with Crippen molar-refractivity contribution in [3.8, 4) is 11.3 Å². The molecule has 5 heteroatoms. The third-order valence-corrected chi connectivity index (χ3v) is 3.92. The van der Waals surface area contributed by atoms with Crippen LogP contribution in [0, 0.1) is 0 Å². The van der Waals surface area contributed by atoms with Crippen LogP contribution in [0.5, 0.6) is 0 Å². The van der Waals surface area contributed by atoms with Crippen molar-refractivity contribution in [2.24, 2.45) is 0 Å². The highest BCUT2D eigenvalue weighted by Crippen LogP contribution is 2.22. The summed E-state index contributed by atoms with van der Waals surface area (Å²) in [6.45, 7) is 9.44. The Balaban J connectivity index is 1.90. The van der Waals surface area contributed by atoms with Gasteiger partial charge in [-0.1, -0.05) is 37.6 Å². The van der Waals surface area contributed by atoms with Crippen molar-refractivity contribution < 1.29 is 0 Å². The van der Waals surface area contributed by atoms with Crippen LogP contribution in [0.25, 0.3) is 11.3 Å². The maximum absolute atomic E-state index is 5.93. The predicted molar refractivity (Wildman–Crippen MR) is 88.5 cm³/mol. The number of hydrogen-bond donors (Lipinski definition) is 2. The molecule has 114 valence electrons. The second kappa shape index (κ2) is 8.17. The summed E-state index contributed by atoms with van der Waals surface area (Å²) in [4.78, 5) is 2.41. The second-order valence-corrected chi connectivity index (χ2v) is 5.42. The Morgan fingerprint density at radius 3 is 2.57 bits per heavy atom. The van der Waals surface area contributed by atoms with Crippen molar-refractivity contribution in [1.29, 1.82) is 0 Å². The minimum atomic E-state index is 0.747. The largest absolute Gasteiger partial charge is 0.311 e. The van der Waals surface area contributed by atoms with Gasteiger partial charge in [-0.2, -0.15) is 5.10 Å². The molecule has 0 saturated heterocycles. The lowest BCUT2D eigenvalue weighted by Crippen LogP contribution is -2.31. The molecule has 2 aromatic rings. The van der Waals surface area contributed by atoms with Gasteiger partial charge in [-0.3, -0.25) is 5.10 Å². The van der Waals surface area contributed by atoms with E-state index in [-0.39, 0.29) is 0 Å². The number of aromatic nitrogens is 2. The average Bonchev–Trinajstić information content (AvgIpc) is 2.97. The Morgan fingerprint density at radius 1 is 1.19 bits per heavy atom. The van der Waals surface area contributed by atoms with E-state index in [1.807, 2.05) is 30.5 Å². The summed E-state index contributed by atoms with van der Waals surface area (Å²) < 4.78 is 0. The molecule has 0 aliphatic heterocycles. The minimum absolute atomic E-state index is 0.747. The molecular formula is C16H23ClN4. The van der Waals surface area contributed by atoms with Crippen LogP contribution in [0.2, 0.25) is 5.02 Å². The van der Waals surface area contributed by atoms with E-state index >= 15 is 0 Å². The van der Waals surface area contributed by atoms with Gasteiger partial charge in [0, 0.05) is 30.2 Å². The van der Waals surface area contributed by atoms with Crippen molar-refractivity contribution in [1.82, 2.24) is 20.4 Å². The zero-order valence-corrected chi connectivity index (χ0v) is 13.5. The molecule has 21 heavy (non-hydrogen) atoms. The highest BCUT2D eigenvalue weighted by Gasteiger charge is 2.07. The molecule has 0 atom stereocenters. The van der Waals surface area contributed by atoms with Crippen LogP contribution in [0.4, 0.5) is 0 Å². The van der Waals surface area contributed by atoms with Crippen molar-refractivity contribution in [2.45, 2.75) is 20.4 Å². The van der Waals surface area contributed by atoms with Crippen molar-refractivity contribution >= 4 is 11.6 Å². The summed E-state index contributed by atoms with van der Waals surface area (Å²) in [7, 11) is 0. The number of likely N-dealkylation sites (N-methyl/N-ethyl adjacent to an activating group) is 1. The van der Waals surface area contributed by atoms with Gasteiger partial charge in [0.05, 0.1) is 11.9 Å². The molecule has 0 fully saturated rings. The van der Waals surface area contributed by atoms with Crippen molar-refractivity contribution in [3.05, 3.63) is 41.0 Å². The standard InChI is InChI=1S/C16H23ClN4/c1-3-21(4-2)10-9-18-11-14-12-19-20-16(14)13-5-7-15(17)8-6-13/h5-8,12,18H,3-4,9-11H2,1-2H3,(H,19,20). The lowest BCUT2D eigenvalue weighted by atomic mass is 10.1. The Labute approximate surface area is 131 Å². The monoisotopic (exact) mass is 306 g/mol. The molecule has 1 aromatic heterocycles. The summed E-state index contributed by atoms with van der Waals surface area (Å²) in [5.74, 6) is 0. The number of nitrogens with zero attached hydrogens (tertiary/aromatic N) is 2. The van der Waals surface area contributed by atoms with E-state index in [0.29, 0.717) is 0 Å². The number of hydrogen-bond acceptors (Lipinski definition) is 3. The highest BCUT2D eigenvalue weighted by molar-refractivity contribution is 6.30. The van der Waals surface area contributed by atoms with Gasteiger partial charge < -0.3 is 10.2 Å². The molecule has 0 bridgehead atoms. The van der Waals surface area contributed by atoms with Gasteiger partial charge in [0.25, 0.3) is 0 Å². The summed E-state index contributed by atoms with van der Waals surface area (Å²) in [5, 5.41) is 11.5. The van der Waals surface area contributed by atoms with E-state index in [9.17, 15) is 0 Å². The van der Waals surface area contributed by atoms with Gasteiger partial charge in [0.2, 0.25) is 0 Å². The molecule has 0 unspecified atom stereocenters. The number of nitrogens with one attached hydrogen (secondary N) is 2. The number of aromatic amines is 1. The molecule has 0 aliphatic rings. The normalized spacial score (nSPS) is 11.2. The van der Waals surface area contributed by atoms with E-state index in [1.165, 1.54) is 5.56 Å². The van der Waals surface area contributed by atoms with Gasteiger partial charge in [0.15, 0.2) is 0 Å². The minimum Gasteiger partial charge on any atom is -0.311 e. The van der Waals surface area contributed by atoms with Crippen LogP contribution in [-0.4, -0.2) is 41.3 Å².